The van der Waals surface area contributed by atoms with Gasteiger partial charge in [0.05, 0.1) is 19.0 Å². The van der Waals surface area contributed by atoms with Crippen molar-refractivity contribution in [2.75, 3.05) is 11.5 Å². The number of rotatable bonds is 8. The van der Waals surface area contributed by atoms with Gasteiger partial charge in [-0.1, -0.05) is 41.5 Å². The molecule has 0 spiro atoms. The van der Waals surface area contributed by atoms with Crippen molar-refractivity contribution < 1.29 is 46.9 Å². The van der Waals surface area contributed by atoms with Crippen LogP contribution in [0.5, 0.6) is 5.88 Å². The number of nitrogens with zero attached hydrogens (tertiary/aromatic N) is 5. The van der Waals surface area contributed by atoms with Gasteiger partial charge in [-0.2, -0.15) is 9.97 Å². The number of aromatic nitrogens is 4. The van der Waals surface area contributed by atoms with E-state index >= 15 is 0 Å². The van der Waals surface area contributed by atoms with Crippen LogP contribution in [0.25, 0.3) is 11.2 Å². The number of carbonyl (C=O) groups is 3. The molecule has 2 aromatic rings. The third kappa shape index (κ3) is 11.7. The molecule has 1 fully saturated rings. The summed E-state index contributed by atoms with van der Waals surface area (Å²) in [7, 11) is -4.45. The molecule has 0 unspecified atom stereocenters. The molecular formula is C37H65N5O10Si2. The second kappa shape index (κ2) is 15.4. The lowest BCUT2D eigenvalue weighted by atomic mass is 10.2. The first-order valence-electron chi connectivity index (χ1n) is 18.5. The van der Waals surface area contributed by atoms with Crippen LogP contribution < -0.4 is 9.64 Å². The van der Waals surface area contributed by atoms with E-state index in [-0.39, 0.29) is 33.2 Å². The maximum absolute atomic E-state index is 13.7. The van der Waals surface area contributed by atoms with Gasteiger partial charge in [0.1, 0.15) is 29.1 Å². The second-order valence-electron chi connectivity index (χ2n) is 19.9. The first-order chi connectivity index (χ1) is 24.1. The SMILES string of the molecule is CC(C)(C)OC(=O)Oc1nc(N(C(=O)OC(C)(C)C)C(=O)OC(C)(C)C)nc2c1ncn2[C@H]1C[C@H](O[Si](C)(C)C(C)(C)C)[C@@H](CO[Si](C)(C)C(C)(C)C)O1. The average molecular weight is 796 g/mol. The van der Waals surface area contributed by atoms with Crippen LogP contribution in [0.1, 0.15) is 117 Å². The van der Waals surface area contributed by atoms with E-state index in [1.165, 1.54) is 6.33 Å². The van der Waals surface area contributed by atoms with Gasteiger partial charge in [0.15, 0.2) is 27.8 Å². The summed E-state index contributed by atoms with van der Waals surface area (Å²) in [5.41, 5.74) is -2.74. The minimum atomic E-state index is -2.28. The molecular weight excluding hydrogens is 731 g/mol. The van der Waals surface area contributed by atoms with Gasteiger partial charge in [0.25, 0.3) is 5.88 Å². The van der Waals surface area contributed by atoms with Crippen LogP contribution in [0.15, 0.2) is 6.33 Å². The number of imidazole rings is 1. The maximum atomic E-state index is 13.7. The number of hydrogen-bond donors (Lipinski definition) is 0. The Kier molecular flexibility index (Phi) is 12.9. The number of imide groups is 1. The van der Waals surface area contributed by atoms with E-state index in [0.29, 0.717) is 17.9 Å². The highest BCUT2D eigenvalue weighted by atomic mass is 28.4. The minimum absolute atomic E-state index is 0.0205. The van der Waals surface area contributed by atoms with Gasteiger partial charge in [-0.15, -0.1) is 4.90 Å². The van der Waals surface area contributed by atoms with E-state index in [1.807, 2.05) is 0 Å². The minimum Gasteiger partial charge on any atom is -0.443 e. The summed E-state index contributed by atoms with van der Waals surface area (Å²) in [5, 5.41) is -0.0895. The summed E-state index contributed by atoms with van der Waals surface area (Å²) in [5.74, 6) is -0.832. The van der Waals surface area contributed by atoms with E-state index in [1.54, 1.807) is 66.9 Å². The molecule has 1 aliphatic heterocycles. The number of hydrogen-bond acceptors (Lipinski definition) is 13. The van der Waals surface area contributed by atoms with Gasteiger partial charge in [-0.25, -0.2) is 19.4 Å². The molecule has 1 aliphatic rings. The fourth-order valence-electron chi connectivity index (χ4n) is 4.67. The molecule has 306 valence electrons. The lowest BCUT2D eigenvalue weighted by Gasteiger charge is -2.40. The van der Waals surface area contributed by atoms with E-state index in [4.69, 9.17) is 32.5 Å². The van der Waals surface area contributed by atoms with E-state index in [2.05, 4.69) is 82.7 Å². The van der Waals surface area contributed by atoms with Crippen molar-refractivity contribution >= 4 is 52.1 Å². The van der Waals surface area contributed by atoms with Crippen molar-refractivity contribution in [1.29, 1.82) is 0 Å². The van der Waals surface area contributed by atoms with Crippen molar-refractivity contribution in [1.82, 2.24) is 19.5 Å². The van der Waals surface area contributed by atoms with Gasteiger partial charge >= 0.3 is 18.3 Å². The Hall–Kier alpha value is -3.13. The molecule has 2 amide bonds. The molecule has 1 saturated heterocycles. The smallest absolute Gasteiger partial charge is 0.443 e. The van der Waals surface area contributed by atoms with Crippen LogP contribution in [0, 0.1) is 0 Å². The van der Waals surface area contributed by atoms with Gasteiger partial charge in [0.2, 0.25) is 5.95 Å². The second-order valence-corrected chi connectivity index (χ2v) is 29.4. The first-order valence-corrected chi connectivity index (χ1v) is 24.3. The third-order valence-electron chi connectivity index (χ3n) is 9.46. The van der Waals surface area contributed by atoms with Crippen molar-refractivity contribution in [3.63, 3.8) is 0 Å². The molecule has 2 aromatic heterocycles. The number of ether oxygens (including phenoxy) is 5. The largest absolute Gasteiger partial charge is 0.515 e. The molecule has 0 N–H and O–H groups in total. The standard InChI is InChI=1S/C37H65N5O10Si2/c1-33(2,3)49-30(43)42(31(44)50-34(4,5)6)29-39-27-26(28(40-29)48-32(45)51-35(7,8)9)38-22-41(27)25-20-23(52-54(18,19)37(13,14)15)24(47-25)21-46-53(16,17)36(10,11)12/h22-25H,20-21H2,1-19H3/t23-,24+,25+/m0/s1. The van der Waals surface area contributed by atoms with Gasteiger partial charge < -0.3 is 32.5 Å². The zero-order valence-electron chi connectivity index (χ0n) is 36.0. The Labute approximate surface area is 323 Å². The number of amides is 2. The molecule has 3 heterocycles. The summed E-state index contributed by atoms with van der Waals surface area (Å²) >= 11 is 0. The highest BCUT2D eigenvalue weighted by molar-refractivity contribution is 6.74. The van der Waals surface area contributed by atoms with E-state index in [9.17, 15) is 14.4 Å². The molecule has 0 saturated carbocycles. The highest BCUT2D eigenvalue weighted by Gasteiger charge is 2.47. The predicted molar refractivity (Wildman–Crippen MR) is 211 cm³/mol. The molecule has 15 nitrogen and oxygen atoms in total. The zero-order chi connectivity index (χ0) is 41.6. The van der Waals surface area contributed by atoms with Crippen LogP contribution >= 0.6 is 0 Å². The van der Waals surface area contributed by atoms with Crippen LogP contribution in [0.4, 0.5) is 20.3 Å². The Bertz CT molecular complexity index is 1650. The van der Waals surface area contributed by atoms with Crippen LogP contribution in [-0.2, 0) is 27.8 Å². The normalized spacial score (nSPS) is 19.1. The molecule has 54 heavy (non-hydrogen) atoms. The summed E-state index contributed by atoms with van der Waals surface area (Å²) < 4.78 is 44.2. The van der Waals surface area contributed by atoms with E-state index in [0.717, 1.165) is 0 Å². The van der Waals surface area contributed by atoms with Crippen molar-refractivity contribution in [2.24, 2.45) is 0 Å². The lowest BCUT2D eigenvalue weighted by Crippen LogP contribution is -2.48. The quantitative estimate of drug-likeness (QED) is 0.141. The Balaban J connectivity index is 2.22. The summed E-state index contributed by atoms with van der Waals surface area (Å²) in [6, 6.07) is 0. The number of carbonyl (C=O) groups excluding carboxylic acids is 3. The predicted octanol–water partition coefficient (Wildman–Crippen LogP) is 9.52. The topological polar surface area (TPSA) is 163 Å². The fourth-order valence-corrected chi connectivity index (χ4v) is 7.04. The molecule has 0 bridgehead atoms. The van der Waals surface area contributed by atoms with Crippen LogP contribution in [0.2, 0.25) is 36.3 Å². The number of fused-ring (bicyclic) bond motifs is 1. The lowest BCUT2D eigenvalue weighted by molar-refractivity contribution is -0.0383. The summed E-state index contributed by atoms with van der Waals surface area (Å²) in [6.07, 6.45) is -2.83. The van der Waals surface area contributed by atoms with Crippen molar-refractivity contribution in [3.05, 3.63) is 6.33 Å². The molecule has 3 rings (SSSR count). The monoisotopic (exact) mass is 795 g/mol. The average Bonchev–Trinajstić information content (AvgIpc) is 3.51. The summed E-state index contributed by atoms with van der Waals surface area (Å²) in [4.78, 5) is 54.4. The first kappa shape index (κ1) is 45.3. The third-order valence-corrected chi connectivity index (χ3v) is 18.5. The number of anilines is 1. The van der Waals surface area contributed by atoms with Crippen LogP contribution in [0.3, 0.4) is 0 Å². The zero-order valence-corrected chi connectivity index (χ0v) is 38.0. The van der Waals surface area contributed by atoms with Crippen molar-refractivity contribution in [3.8, 4) is 5.88 Å². The van der Waals surface area contributed by atoms with Gasteiger partial charge in [-0.3, -0.25) is 4.57 Å². The fraction of sp³-hybridized carbons (Fsp3) is 0.784. The van der Waals surface area contributed by atoms with Gasteiger partial charge in [-0.05, 0) is 98.6 Å². The Morgan fingerprint density at radius 3 is 1.74 bits per heavy atom. The Morgan fingerprint density at radius 2 is 1.28 bits per heavy atom. The van der Waals surface area contributed by atoms with E-state index < -0.39 is 70.1 Å². The Morgan fingerprint density at radius 1 is 0.778 bits per heavy atom. The van der Waals surface area contributed by atoms with Crippen LogP contribution in [-0.4, -0.2) is 90.1 Å². The maximum Gasteiger partial charge on any atom is 0.515 e. The molecule has 17 heteroatoms. The molecule has 0 radical (unpaired) electrons. The van der Waals surface area contributed by atoms with Gasteiger partial charge in [0, 0.05) is 6.42 Å². The molecule has 0 aromatic carbocycles. The molecule has 0 aliphatic carbocycles. The molecule has 3 atom stereocenters. The highest BCUT2D eigenvalue weighted by Crippen LogP contribution is 2.43. The van der Waals surface area contributed by atoms with Crippen molar-refractivity contribution in [2.45, 2.75) is 182 Å². The summed E-state index contributed by atoms with van der Waals surface area (Å²) in [6.45, 7) is 37.2.